The first-order valence-electron chi connectivity index (χ1n) is 7.84. The number of alkyl halides is 3. The average molecular weight is 401 g/mol. The molecule has 2 N–H and O–H groups in total. The molecule has 0 saturated carbocycles. The number of sulfone groups is 1. The highest BCUT2D eigenvalue weighted by Crippen LogP contribution is 2.24. The predicted molar refractivity (Wildman–Crippen MR) is 92.0 cm³/mol. The van der Waals surface area contributed by atoms with Crippen molar-refractivity contribution in [2.24, 2.45) is 0 Å². The van der Waals surface area contributed by atoms with Crippen molar-refractivity contribution in [1.82, 2.24) is 5.32 Å². The van der Waals surface area contributed by atoms with Crippen molar-refractivity contribution in [1.29, 1.82) is 0 Å². The van der Waals surface area contributed by atoms with E-state index in [2.05, 4.69) is 0 Å². The first-order valence-corrected chi connectivity index (χ1v) is 9.32. The van der Waals surface area contributed by atoms with Crippen LogP contribution < -0.4 is 5.32 Å². The van der Waals surface area contributed by atoms with Crippen molar-refractivity contribution in [3.8, 4) is 5.75 Å². The van der Waals surface area contributed by atoms with E-state index in [1.807, 2.05) is 5.32 Å². The van der Waals surface area contributed by atoms with Crippen LogP contribution in [0.2, 0.25) is 0 Å². The lowest BCUT2D eigenvalue weighted by Gasteiger charge is -2.27. The summed E-state index contributed by atoms with van der Waals surface area (Å²) in [5.41, 5.74) is -0.614. The molecule has 5 nitrogen and oxygen atoms in total. The van der Waals surface area contributed by atoms with Gasteiger partial charge in [-0.15, -0.1) is 0 Å². The molecule has 0 aliphatic rings. The number of carbonyl (C=O) groups excluding carboxylic acids is 1. The third-order valence-corrected chi connectivity index (χ3v) is 5.52. The van der Waals surface area contributed by atoms with Gasteiger partial charge in [-0.05, 0) is 62.2 Å². The molecule has 9 heteroatoms. The molecular weight excluding hydrogens is 383 g/mol. The normalized spacial score (nSPS) is 12.6. The zero-order valence-electron chi connectivity index (χ0n) is 14.5. The van der Waals surface area contributed by atoms with Crippen LogP contribution in [0.4, 0.5) is 13.2 Å². The highest BCUT2D eigenvalue weighted by molar-refractivity contribution is 7.91. The summed E-state index contributed by atoms with van der Waals surface area (Å²) in [5, 5.41) is 11.2. The number of nitrogens with one attached hydrogen (secondary N) is 1. The fourth-order valence-corrected chi connectivity index (χ4v) is 3.74. The quantitative estimate of drug-likeness (QED) is 0.806. The Morgan fingerprint density at radius 3 is 1.85 bits per heavy atom. The van der Waals surface area contributed by atoms with Crippen LogP contribution in [0.1, 0.15) is 19.4 Å². The van der Waals surface area contributed by atoms with E-state index in [1.54, 1.807) is 0 Å². The molecule has 0 radical (unpaired) electrons. The van der Waals surface area contributed by atoms with Crippen LogP contribution >= 0.6 is 0 Å². The van der Waals surface area contributed by atoms with Crippen molar-refractivity contribution in [3.05, 3.63) is 54.1 Å². The first-order chi connectivity index (χ1) is 12.3. The molecule has 0 spiro atoms. The van der Waals surface area contributed by atoms with E-state index in [-0.39, 0.29) is 22.0 Å². The average Bonchev–Trinajstić information content (AvgIpc) is 2.54. The standard InChI is InChI=1S/C18H18F3NO4S/c1-17(2,22-16(24)18(19,20)21)11-12-3-7-14(8-4-12)27(25,26)15-9-5-13(23)6-10-15/h3-10,23H,11H2,1-2H3,(H,22,24). The smallest absolute Gasteiger partial charge is 0.471 e. The molecule has 0 aliphatic carbocycles. The summed E-state index contributed by atoms with van der Waals surface area (Å²) in [6.07, 6.45) is -4.90. The lowest BCUT2D eigenvalue weighted by Crippen LogP contribution is -2.50. The van der Waals surface area contributed by atoms with E-state index in [4.69, 9.17) is 0 Å². The third-order valence-electron chi connectivity index (χ3n) is 3.74. The Morgan fingerprint density at radius 2 is 1.41 bits per heavy atom. The van der Waals surface area contributed by atoms with E-state index >= 15 is 0 Å². The van der Waals surface area contributed by atoms with Gasteiger partial charge >= 0.3 is 12.1 Å². The van der Waals surface area contributed by atoms with Gasteiger partial charge in [-0.25, -0.2) is 8.42 Å². The molecule has 0 aromatic heterocycles. The lowest BCUT2D eigenvalue weighted by molar-refractivity contribution is -0.175. The largest absolute Gasteiger partial charge is 0.508 e. The summed E-state index contributed by atoms with van der Waals surface area (Å²) in [6.45, 7) is 2.88. The summed E-state index contributed by atoms with van der Waals surface area (Å²) in [7, 11) is -3.78. The van der Waals surface area contributed by atoms with Crippen molar-refractivity contribution in [2.45, 2.75) is 41.8 Å². The Hall–Kier alpha value is -2.55. The molecule has 0 aliphatic heterocycles. The fraction of sp³-hybridized carbons (Fsp3) is 0.278. The number of benzene rings is 2. The number of amides is 1. The van der Waals surface area contributed by atoms with Crippen LogP contribution in [0.5, 0.6) is 5.75 Å². The van der Waals surface area contributed by atoms with Gasteiger partial charge in [0.15, 0.2) is 0 Å². The Bertz CT molecular complexity index is 919. The number of rotatable bonds is 5. The second-order valence-electron chi connectivity index (χ2n) is 6.65. The second-order valence-corrected chi connectivity index (χ2v) is 8.60. The number of hydrogen-bond acceptors (Lipinski definition) is 4. The molecule has 2 aromatic carbocycles. The first kappa shape index (κ1) is 20.8. The lowest BCUT2D eigenvalue weighted by atomic mass is 9.95. The Balaban J connectivity index is 2.17. The van der Waals surface area contributed by atoms with E-state index < -0.39 is 27.5 Å². The Kier molecular flexibility index (Phi) is 5.55. The second kappa shape index (κ2) is 7.22. The monoisotopic (exact) mass is 401 g/mol. The van der Waals surface area contributed by atoms with Crippen molar-refractivity contribution in [2.75, 3.05) is 0 Å². The summed E-state index contributed by atoms with van der Waals surface area (Å²) < 4.78 is 62.3. The van der Waals surface area contributed by atoms with Gasteiger partial charge in [-0.1, -0.05) is 12.1 Å². The highest BCUT2D eigenvalue weighted by atomic mass is 32.2. The molecule has 2 rings (SSSR count). The van der Waals surface area contributed by atoms with E-state index in [9.17, 15) is 31.5 Å². The maximum absolute atomic E-state index is 12.5. The number of phenols is 1. The molecule has 27 heavy (non-hydrogen) atoms. The third kappa shape index (κ3) is 5.22. The minimum atomic E-state index is -4.97. The number of aromatic hydroxyl groups is 1. The highest BCUT2D eigenvalue weighted by Gasteiger charge is 2.41. The van der Waals surface area contributed by atoms with Crippen LogP contribution in [0.25, 0.3) is 0 Å². The molecule has 1 amide bonds. The molecule has 0 bridgehead atoms. The maximum Gasteiger partial charge on any atom is 0.471 e. The van der Waals surface area contributed by atoms with Gasteiger partial charge in [0, 0.05) is 5.54 Å². The minimum Gasteiger partial charge on any atom is -0.508 e. The van der Waals surface area contributed by atoms with Crippen LogP contribution in [0, 0.1) is 0 Å². The molecule has 0 saturated heterocycles. The number of hydrogen-bond donors (Lipinski definition) is 2. The van der Waals surface area contributed by atoms with Crippen molar-refractivity contribution >= 4 is 15.7 Å². The maximum atomic E-state index is 12.5. The molecule has 2 aromatic rings. The van der Waals surface area contributed by atoms with Gasteiger partial charge in [0.1, 0.15) is 5.75 Å². The van der Waals surface area contributed by atoms with Gasteiger partial charge in [0.25, 0.3) is 0 Å². The summed E-state index contributed by atoms with van der Waals surface area (Å²) in [4.78, 5) is 11.1. The zero-order valence-corrected chi connectivity index (χ0v) is 15.4. The SMILES string of the molecule is CC(C)(Cc1ccc(S(=O)(=O)c2ccc(O)cc2)cc1)NC(=O)C(F)(F)F. The molecular formula is C18H18F3NO4S. The van der Waals surface area contributed by atoms with Crippen LogP contribution in [0.3, 0.4) is 0 Å². The molecule has 0 atom stereocenters. The van der Waals surface area contributed by atoms with E-state index in [0.29, 0.717) is 5.56 Å². The van der Waals surface area contributed by atoms with E-state index in [1.165, 1.54) is 62.4 Å². The van der Waals surface area contributed by atoms with Crippen LogP contribution in [-0.2, 0) is 21.1 Å². The van der Waals surface area contributed by atoms with Crippen LogP contribution in [0.15, 0.2) is 58.3 Å². The zero-order chi connectivity index (χ0) is 20.5. The van der Waals surface area contributed by atoms with Gasteiger partial charge in [-0.3, -0.25) is 4.79 Å². The van der Waals surface area contributed by atoms with Crippen LogP contribution in [-0.4, -0.2) is 31.1 Å². The number of halogens is 3. The van der Waals surface area contributed by atoms with E-state index in [0.717, 1.165) is 0 Å². The molecule has 146 valence electrons. The fourth-order valence-electron chi connectivity index (χ4n) is 2.48. The molecule has 0 fully saturated rings. The Labute approximate surface area is 154 Å². The van der Waals surface area contributed by atoms with Crippen molar-refractivity contribution in [3.63, 3.8) is 0 Å². The van der Waals surface area contributed by atoms with Gasteiger partial charge in [0.05, 0.1) is 9.79 Å². The summed E-state index contributed by atoms with van der Waals surface area (Å²) >= 11 is 0. The van der Waals surface area contributed by atoms with Gasteiger partial charge in [0.2, 0.25) is 9.84 Å². The summed E-state index contributed by atoms with van der Waals surface area (Å²) in [5.74, 6) is -2.09. The van der Waals surface area contributed by atoms with Crippen molar-refractivity contribution < 1.29 is 31.5 Å². The Morgan fingerprint density at radius 1 is 0.963 bits per heavy atom. The number of phenolic OH excluding ortho intramolecular Hbond substituents is 1. The molecule has 0 heterocycles. The van der Waals surface area contributed by atoms with Gasteiger partial charge in [-0.2, -0.15) is 13.2 Å². The summed E-state index contributed by atoms with van der Waals surface area (Å²) in [6, 6.07) is 10.7. The predicted octanol–water partition coefficient (Wildman–Crippen LogP) is 3.22. The topological polar surface area (TPSA) is 83.5 Å². The minimum absolute atomic E-state index is 0.00539. The van der Waals surface area contributed by atoms with Gasteiger partial charge < -0.3 is 10.4 Å². The number of carbonyl (C=O) groups is 1. The molecule has 0 unspecified atom stereocenters.